The Hall–Kier alpha value is -1.22. The van der Waals surface area contributed by atoms with Crippen LogP contribution in [0.3, 0.4) is 0 Å². The number of phenolic OH excluding ortho intramolecular Hbond substituents is 1. The molecule has 2 nitrogen and oxygen atoms in total. The largest absolute Gasteiger partial charge is 0.507 e. The van der Waals surface area contributed by atoms with E-state index >= 15 is 0 Å². The molecule has 1 aliphatic heterocycles. The van der Waals surface area contributed by atoms with E-state index in [9.17, 15) is 5.11 Å². The van der Waals surface area contributed by atoms with Crippen LogP contribution in [0.25, 0.3) is 10.8 Å². The zero-order chi connectivity index (χ0) is 10.4. The molecule has 76 valence electrons. The monoisotopic (exact) mass is 263 g/mol. The predicted octanol–water partition coefficient (Wildman–Crippen LogP) is 3.22. The Morgan fingerprint density at radius 1 is 1.20 bits per heavy atom. The molecule has 0 bridgehead atoms. The molecule has 0 amide bonds. The number of halogens is 1. The Morgan fingerprint density at radius 3 is 2.73 bits per heavy atom. The molecular formula is C12H10BrNO. The molecule has 0 saturated carbocycles. The molecule has 0 fully saturated rings. The third-order valence-electron chi connectivity index (χ3n) is 2.93. The topological polar surface area (TPSA) is 23.5 Å². The normalized spacial score (nSPS) is 14.6. The van der Waals surface area contributed by atoms with E-state index in [0.29, 0.717) is 5.75 Å². The summed E-state index contributed by atoms with van der Waals surface area (Å²) in [5.41, 5.74) is 2.41. The Bertz CT molecular complexity index is 538. The number of nitrogens with zero attached hydrogens (tertiary/aromatic N) is 1. The highest BCUT2D eigenvalue weighted by Crippen LogP contribution is 2.40. The number of rotatable bonds is 0. The first kappa shape index (κ1) is 9.04. The summed E-state index contributed by atoms with van der Waals surface area (Å²) >= 11 is 3.48. The lowest BCUT2D eigenvalue weighted by Crippen LogP contribution is -2.03. The summed E-state index contributed by atoms with van der Waals surface area (Å²) in [4.78, 5) is 0. The van der Waals surface area contributed by atoms with Gasteiger partial charge in [0.2, 0.25) is 0 Å². The van der Waals surface area contributed by atoms with E-state index < -0.39 is 0 Å². The van der Waals surface area contributed by atoms with Gasteiger partial charge in [-0.05, 0) is 17.4 Å². The highest BCUT2D eigenvalue weighted by molar-refractivity contribution is 9.10. The van der Waals surface area contributed by atoms with Gasteiger partial charge in [0.25, 0.3) is 0 Å². The van der Waals surface area contributed by atoms with Crippen molar-refractivity contribution in [2.45, 2.75) is 6.42 Å². The minimum Gasteiger partial charge on any atom is -0.507 e. The van der Waals surface area contributed by atoms with Crippen LogP contribution in [0.4, 0.5) is 5.69 Å². The van der Waals surface area contributed by atoms with E-state index in [2.05, 4.69) is 22.2 Å². The van der Waals surface area contributed by atoms with Crippen LogP contribution >= 0.6 is 16.1 Å². The van der Waals surface area contributed by atoms with Crippen LogP contribution < -0.4 is 3.93 Å². The minimum atomic E-state index is 0.357. The molecule has 0 unspecified atom stereocenters. The second-order valence-electron chi connectivity index (χ2n) is 3.77. The van der Waals surface area contributed by atoms with E-state index in [0.717, 1.165) is 29.4 Å². The number of phenols is 1. The van der Waals surface area contributed by atoms with Crippen LogP contribution in [0.2, 0.25) is 0 Å². The first-order chi connectivity index (χ1) is 7.27. The van der Waals surface area contributed by atoms with Crippen molar-refractivity contribution in [3.8, 4) is 5.75 Å². The van der Waals surface area contributed by atoms with Gasteiger partial charge in [-0.25, -0.2) is 0 Å². The van der Waals surface area contributed by atoms with Crippen LogP contribution in [0.15, 0.2) is 30.3 Å². The van der Waals surface area contributed by atoms with Gasteiger partial charge < -0.3 is 9.03 Å². The van der Waals surface area contributed by atoms with E-state index in [4.69, 9.17) is 0 Å². The molecule has 1 N–H and O–H groups in total. The van der Waals surface area contributed by atoms with Crippen LogP contribution in [-0.4, -0.2) is 11.7 Å². The van der Waals surface area contributed by atoms with Crippen molar-refractivity contribution in [2.75, 3.05) is 10.5 Å². The highest BCUT2D eigenvalue weighted by atomic mass is 79.9. The van der Waals surface area contributed by atoms with Gasteiger partial charge in [-0.3, -0.25) is 0 Å². The van der Waals surface area contributed by atoms with Crippen molar-refractivity contribution in [1.29, 1.82) is 0 Å². The SMILES string of the molecule is Oc1cc2c(c3ccccc13)CCN2Br. The van der Waals surface area contributed by atoms with E-state index in [-0.39, 0.29) is 0 Å². The lowest BCUT2D eigenvalue weighted by molar-refractivity contribution is 0.482. The van der Waals surface area contributed by atoms with Gasteiger partial charge in [-0.15, -0.1) is 0 Å². The molecule has 3 rings (SSSR count). The average Bonchev–Trinajstić information content (AvgIpc) is 2.62. The minimum absolute atomic E-state index is 0.357. The molecule has 2 aromatic rings. The predicted molar refractivity (Wildman–Crippen MR) is 65.6 cm³/mol. The van der Waals surface area contributed by atoms with Crippen LogP contribution in [-0.2, 0) is 6.42 Å². The fourth-order valence-electron chi connectivity index (χ4n) is 2.21. The molecule has 15 heavy (non-hydrogen) atoms. The summed E-state index contributed by atoms with van der Waals surface area (Å²) in [5, 5.41) is 12.0. The summed E-state index contributed by atoms with van der Waals surface area (Å²) < 4.78 is 2.01. The zero-order valence-corrected chi connectivity index (χ0v) is 9.66. The Kier molecular flexibility index (Phi) is 1.89. The summed E-state index contributed by atoms with van der Waals surface area (Å²) in [5.74, 6) is 0.357. The average molecular weight is 264 g/mol. The number of anilines is 1. The van der Waals surface area contributed by atoms with Crippen LogP contribution in [0, 0.1) is 0 Å². The number of fused-ring (bicyclic) bond motifs is 3. The summed E-state index contributed by atoms with van der Waals surface area (Å²) in [6.45, 7) is 0.961. The second-order valence-corrected chi connectivity index (χ2v) is 4.63. The lowest BCUT2D eigenvalue weighted by Gasteiger charge is -2.11. The molecule has 1 aliphatic rings. The van der Waals surface area contributed by atoms with Crippen molar-refractivity contribution in [1.82, 2.24) is 0 Å². The Labute approximate surface area is 96.5 Å². The Morgan fingerprint density at radius 2 is 1.93 bits per heavy atom. The number of hydrogen-bond acceptors (Lipinski definition) is 2. The molecule has 2 aromatic carbocycles. The summed E-state index contributed by atoms with van der Waals surface area (Å²) in [7, 11) is 0. The molecule has 0 aliphatic carbocycles. The molecule has 0 radical (unpaired) electrons. The standard InChI is InChI=1S/C12H10BrNO/c13-14-6-5-9-8-3-1-2-4-10(8)12(15)7-11(9)14/h1-4,7,15H,5-6H2. The maximum atomic E-state index is 9.91. The van der Waals surface area contributed by atoms with Crippen LogP contribution in [0.5, 0.6) is 5.75 Å². The van der Waals surface area contributed by atoms with Gasteiger partial charge in [0.1, 0.15) is 5.75 Å². The molecular weight excluding hydrogens is 254 g/mol. The maximum absolute atomic E-state index is 9.91. The first-order valence-corrected chi connectivity index (χ1v) is 5.65. The second kappa shape index (κ2) is 3.14. The van der Waals surface area contributed by atoms with Crippen molar-refractivity contribution >= 4 is 32.6 Å². The van der Waals surface area contributed by atoms with Gasteiger partial charge in [-0.1, -0.05) is 24.3 Å². The molecule has 3 heteroatoms. The van der Waals surface area contributed by atoms with Gasteiger partial charge in [0.15, 0.2) is 0 Å². The lowest BCUT2D eigenvalue weighted by atomic mass is 10.0. The van der Waals surface area contributed by atoms with Crippen LogP contribution in [0.1, 0.15) is 5.56 Å². The number of benzene rings is 2. The van der Waals surface area contributed by atoms with Crippen molar-refractivity contribution in [3.05, 3.63) is 35.9 Å². The van der Waals surface area contributed by atoms with E-state index in [1.54, 1.807) is 0 Å². The fraction of sp³-hybridized carbons (Fsp3) is 0.167. The first-order valence-electron chi connectivity index (χ1n) is 4.94. The van der Waals surface area contributed by atoms with Crippen molar-refractivity contribution < 1.29 is 5.11 Å². The third-order valence-corrected chi connectivity index (χ3v) is 3.67. The number of hydrogen-bond donors (Lipinski definition) is 1. The quantitative estimate of drug-likeness (QED) is 0.738. The zero-order valence-electron chi connectivity index (χ0n) is 8.07. The van der Waals surface area contributed by atoms with E-state index in [1.165, 1.54) is 5.56 Å². The third kappa shape index (κ3) is 1.23. The van der Waals surface area contributed by atoms with Crippen molar-refractivity contribution in [2.24, 2.45) is 0 Å². The molecule has 0 saturated heterocycles. The summed E-state index contributed by atoms with van der Waals surface area (Å²) in [6.07, 6.45) is 1.03. The molecule has 0 aromatic heterocycles. The van der Waals surface area contributed by atoms with Gasteiger partial charge in [-0.2, -0.15) is 0 Å². The fourth-order valence-corrected chi connectivity index (χ4v) is 2.71. The van der Waals surface area contributed by atoms with Gasteiger partial charge in [0.05, 0.1) is 5.69 Å². The van der Waals surface area contributed by atoms with Crippen molar-refractivity contribution in [3.63, 3.8) is 0 Å². The maximum Gasteiger partial charge on any atom is 0.125 e. The highest BCUT2D eigenvalue weighted by Gasteiger charge is 2.20. The molecule has 1 heterocycles. The molecule has 0 spiro atoms. The summed E-state index contributed by atoms with van der Waals surface area (Å²) in [6, 6.07) is 9.83. The van der Waals surface area contributed by atoms with Gasteiger partial charge >= 0.3 is 0 Å². The van der Waals surface area contributed by atoms with E-state index in [1.807, 2.05) is 28.2 Å². The van der Waals surface area contributed by atoms with Gasteiger partial charge in [0, 0.05) is 34.1 Å². The number of aromatic hydroxyl groups is 1. The Balaban J connectivity index is 2.43. The molecule has 0 atom stereocenters. The smallest absolute Gasteiger partial charge is 0.125 e.